The Labute approximate surface area is 92.0 Å². The van der Waals surface area contributed by atoms with Crippen molar-refractivity contribution in [2.45, 2.75) is 26.7 Å². The van der Waals surface area contributed by atoms with E-state index in [0.717, 1.165) is 17.4 Å². The van der Waals surface area contributed by atoms with E-state index in [9.17, 15) is 0 Å². The number of alkyl halides is 1. The molecule has 0 aromatic carbocycles. The zero-order chi connectivity index (χ0) is 8.27. The summed E-state index contributed by atoms with van der Waals surface area (Å²) < 4.78 is 0. The summed E-state index contributed by atoms with van der Waals surface area (Å²) in [7, 11) is 0. The standard InChI is InChI=1S/C8H13BrN2.BrH/c1-6-8(4-3-5-9)7(2)11-10-6;/h3-5H2,1-2H3,(H,10,11);1H. The van der Waals surface area contributed by atoms with Gasteiger partial charge in [-0.2, -0.15) is 5.10 Å². The summed E-state index contributed by atoms with van der Waals surface area (Å²) in [6, 6.07) is 0. The van der Waals surface area contributed by atoms with E-state index < -0.39 is 0 Å². The van der Waals surface area contributed by atoms with Gasteiger partial charge in [-0.15, -0.1) is 17.0 Å². The lowest BCUT2D eigenvalue weighted by atomic mass is 10.1. The Balaban J connectivity index is 0.00000121. The molecule has 1 heterocycles. The van der Waals surface area contributed by atoms with Crippen molar-refractivity contribution in [3.8, 4) is 0 Å². The van der Waals surface area contributed by atoms with Crippen LogP contribution in [0.2, 0.25) is 0 Å². The molecule has 4 heteroatoms. The fraction of sp³-hybridized carbons (Fsp3) is 0.625. The number of H-pyrrole nitrogens is 1. The maximum absolute atomic E-state index is 4.13. The molecular formula is C8H14Br2N2. The zero-order valence-corrected chi connectivity index (χ0v) is 10.7. The zero-order valence-electron chi connectivity index (χ0n) is 7.35. The molecule has 70 valence electrons. The number of nitrogens with zero attached hydrogens (tertiary/aromatic N) is 1. The molecule has 1 aromatic heterocycles. The maximum atomic E-state index is 4.13. The molecule has 2 nitrogen and oxygen atoms in total. The average molecular weight is 298 g/mol. The smallest absolute Gasteiger partial charge is 0.0625 e. The number of aromatic nitrogens is 2. The molecule has 0 aliphatic carbocycles. The van der Waals surface area contributed by atoms with Gasteiger partial charge in [0.2, 0.25) is 0 Å². The molecule has 0 spiro atoms. The molecule has 0 unspecified atom stereocenters. The van der Waals surface area contributed by atoms with Crippen LogP contribution >= 0.6 is 32.9 Å². The van der Waals surface area contributed by atoms with E-state index in [2.05, 4.69) is 33.1 Å². The number of rotatable bonds is 3. The van der Waals surface area contributed by atoms with Crippen molar-refractivity contribution in [1.82, 2.24) is 10.2 Å². The molecule has 0 saturated heterocycles. The van der Waals surface area contributed by atoms with Crippen LogP contribution in [-0.2, 0) is 6.42 Å². The van der Waals surface area contributed by atoms with Crippen LogP contribution in [-0.4, -0.2) is 15.5 Å². The SMILES string of the molecule is Br.Cc1n[nH]c(C)c1CCCBr. The van der Waals surface area contributed by atoms with Crippen LogP contribution in [0.5, 0.6) is 0 Å². The van der Waals surface area contributed by atoms with Crippen LogP contribution in [0.15, 0.2) is 0 Å². The highest BCUT2D eigenvalue weighted by molar-refractivity contribution is 9.09. The first-order valence-electron chi connectivity index (χ1n) is 3.82. The van der Waals surface area contributed by atoms with Crippen LogP contribution in [0.3, 0.4) is 0 Å². The lowest BCUT2D eigenvalue weighted by Crippen LogP contribution is -1.89. The van der Waals surface area contributed by atoms with Gasteiger partial charge in [-0.25, -0.2) is 0 Å². The summed E-state index contributed by atoms with van der Waals surface area (Å²) in [5, 5.41) is 8.18. The predicted octanol–water partition coefficient (Wildman–Crippen LogP) is 2.93. The van der Waals surface area contributed by atoms with Gasteiger partial charge in [0.1, 0.15) is 0 Å². The minimum Gasteiger partial charge on any atom is -0.282 e. The molecule has 0 fully saturated rings. The largest absolute Gasteiger partial charge is 0.282 e. The van der Waals surface area contributed by atoms with E-state index in [4.69, 9.17) is 0 Å². The van der Waals surface area contributed by atoms with Gasteiger partial charge in [0, 0.05) is 11.0 Å². The first-order chi connectivity index (χ1) is 5.25. The third kappa shape index (κ3) is 2.90. The molecule has 12 heavy (non-hydrogen) atoms. The van der Waals surface area contributed by atoms with Crippen LogP contribution in [0.1, 0.15) is 23.4 Å². The fourth-order valence-corrected chi connectivity index (χ4v) is 1.47. The molecule has 0 amide bonds. The van der Waals surface area contributed by atoms with Gasteiger partial charge in [-0.1, -0.05) is 15.9 Å². The van der Waals surface area contributed by atoms with Crippen molar-refractivity contribution >= 4 is 32.9 Å². The van der Waals surface area contributed by atoms with Crippen LogP contribution in [0.25, 0.3) is 0 Å². The molecule has 0 radical (unpaired) electrons. The number of nitrogens with one attached hydrogen (secondary N) is 1. The second kappa shape index (κ2) is 5.75. The topological polar surface area (TPSA) is 28.7 Å². The molecule has 0 aliphatic heterocycles. The van der Waals surface area contributed by atoms with Gasteiger partial charge in [0.05, 0.1) is 5.69 Å². The summed E-state index contributed by atoms with van der Waals surface area (Å²) in [5.74, 6) is 0. The van der Waals surface area contributed by atoms with Crippen molar-refractivity contribution in [3.63, 3.8) is 0 Å². The van der Waals surface area contributed by atoms with Crippen LogP contribution in [0, 0.1) is 13.8 Å². The average Bonchev–Trinajstić information content (AvgIpc) is 2.29. The molecule has 0 aliphatic rings. The van der Waals surface area contributed by atoms with E-state index in [-0.39, 0.29) is 17.0 Å². The molecule has 1 rings (SSSR count). The van der Waals surface area contributed by atoms with Crippen molar-refractivity contribution in [2.24, 2.45) is 0 Å². The number of halogens is 2. The number of aromatic amines is 1. The molecule has 1 aromatic rings. The van der Waals surface area contributed by atoms with Crippen molar-refractivity contribution in [2.75, 3.05) is 5.33 Å². The molecule has 0 saturated carbocycles. The van der Waals surface area contributed by atoms with Gasteiger partial charge in [-0.3, -0.25) is 5.10 Å². The van der Waals surface area contributed by atoms with Crippen molar-refractivity contribution in [3.05, 3.63) is 17.0 Å². The molecule has 0 bridgehead atoms. The van der Waals surface area contributed by atoms with Crippen LogP contribution in [0.4, 0.5) is 0 Å². The summed E-state index contributed by atoms with van der Waals surface area (Å²) in [4.78, 5) is 0. The van der Waals surface area contributed by atoms with E-state index in [0.29, 0.717) is 0 Å². The normalized spacial score (nSPS) is 9.58. The second-order valence-electron chi connectivity index (χ2n) is 2.71. The van der Waals surface area contributed by atoms with E-state index >= 15 is 0 Å². The summed E-state index contributed by atoms with van der Waals surface area (Å²) in [6.07, 6.45) is 2.31. The summed E-state index contributed by atoms with van der Waals surface area (Å²) in [5.41, 5.74) is 3.73. The Kier molecular flexibility index (Phi) is 5.84. The molecule has 0 atom stereocenters. The van der Waals surface area contributed by atoms with Gasteiger partial charge in [0.15, 0.2) is 0 Å². The van der Waals surface area contributed by atoms with E-state index in [1.54, 1.807) is 0 Å². The van der Waals surface area contributed by atoms with E-state index in [1.807, 2.05) is 6.92 Å². The minimum atomic E-state index is 0. The quantitative estimate of drug-likeness (QED) is 0.854. The maximum Gasteiger partial charge on any atom is 0.0625 e. The minimum absolute atomic E-state index is 0. The highest BCUT2D eigenvalue weighted by Crippen LogP contribution is 2.11. The summed E-state index contributed by atoms with van der Waals surface area (Å²) in [6.45, 7) is 4.12. The van der Waals surface area contributed by atoms with Gasteiger partial charge in [-0.05, 0) is 32.3 Å². The Hall–Kier alpha value is 0.170. The Bertz CT molecular complexity index is 213. The monoisotopic (exact) mass is 296 g/mol. The van der Waals surface area contributed by atoms with Gasteiger partial charge >= 0.3 is 0 Å². The molecule has 1 N–H and O–H groups in total. The van der Waals surface area contributed by atoms with Gasteiger partial charge < -0.3 is 0 Å². The first kappa shape index (κ1) is 12.2. The third-order valence-corrected chi connectivity index (χ3v) is 2.40. The van der Waals surface area contributed by atoms with Crippen LogP contribution < -0.4 is 0 Å². The van der Waals surface area contributed by atoms with Crippen molar-refractivity contribution in [1.29, 1.82) is 0 Å². The predicted molar refractivity (Wildman–Crippen MR) is 60.5 cm³/mol. The summed E-state index contributed by atoms with van der Waals surface area (Å²) >= 11 is 3.41. The highest BCUT2D eigenvalue weighted by atomic mass is 79.9. The van der Waals surface area contributed by atoms with Gasteiger partial charge in [0.25, 0.3) is 0 Å². The lowest BCUT2D eigenvalue weighted by molar-refractivity contribution is 0.921. The number of aryl methyl sites for hydroxylation is 2. The highest BCUT2D eigenvalue weighted by Gasteiger charge is 2.04. The Morgan fingerprint density at radius 3 is 2.50 bits per heavy atom. The Morgan fingerprint density at radius 2 is 2.08 bits per heavy atom. The second-order valence-corrected chi connectivity index (χ2v) is 3.50. The fourth-order valence-electron chi connectivity index (χ4n) is 1.19. The Morgan fingerprint density at radius 1 is 1.42 bits per heavy atom. The van der Waals surface area contributed by atoms with Crippen molar-refractivity contribution < 1.29 is 0 Å². The lowest BCUT2D eigenvalue weighted by Gasteiger charge is -1.96. The number of hydrogen-bond donors (Lipinski definition) is 1. The van der Waals surface area contributed by atoms with E-state index in [1.165, 1.54) is 17.7 Å². The first-order valence-corrected chi connectivity index (χ1v) is 4.94. The molecular weight excluding hydrogens is 284 g/mol. The third-order valence-electron chi connectivity index (χ3n) is 1.84. The number of hydrogen-bond acceptors (Lipinski definition) is 1.